The molecule has 0 unspecified atom stereocenters. The van der Waals surface area contributed by atoms with E-state index in [0.29, 0.717) is 153 Å². The van der Waals surface area contributed by atoms with Crippen LogP contribution in [0, 0.1) is 34.6 Å². The first kappa shape index (κ1) is 109. The van der Waals surface area contributed by atoms with Gasteiger partial charge in [-0.05, 0) is 276 Å². The summed E-state index contributed by atoms with van der Waals surface area (Å²) in [5.41, 5.74) is 5.40. The molecule has 3 N–H and O–H groups in total. The first-order valence-corrected chi connectivity index (χ1v) is 51.7. The average Bonchev–Trinajstić information content (AvgIpc) is 1.56. The summed E-state index contributed by atoms with van der Waals surface area (Å²) < 4.78 is 217. The maximum Gasteiger partial charge on any atom is 0.342 e. The molecule has 0 aliphatic rings. The van der Waals surface area contributed by atoms with Gasteiger partial charge in [0, 0.05) is 64.4 Å². The molecule has 0 fully saturated rings. The number of hydrogen-bond acceptors (Lipinski definition) is 32. The first-order chi connectivity index (χ1) is 68.5. The third-order valence-corrected chi connectivity index (χ3v) is 29.1. The van der Waals surface area contributed by atoms with Crippen molar-refractivity contribution in [1.82, 2.24) is 0 Å². The Morgan fingerprint density at radius 3 is 0.931 bits per heavy atom. The molecule has 144 heavy (non-hydrogen) atoms. The van der Waals surface area contributed by atoms with Crippen LogP contribution >= 0.6 is 0 Å². The van der Waals surface area contributed by atoms with E-state index in [4.69, 9.17) is 69.5 Å². The van der Waals surface area contributed by atoms with Gasteiger partial charge in [0.15, 0.2) is 0 Å². The zero-order valence-electron chi connectivity index (χ0n) is 81.4. The Morgan fingerprint density at radius 1 is 0.319 bits per heavy atom. The van der Waals surface area contributed by atoms with E-state index in [1.165, 1.54) is 151 Å². The third kappa shape index (κ3) is 25.1. The number of amides is 2. The van der Waals surface area contributed by atoms with Gasteiger partial charge in [0.1, 0.15) is 114 Å². The van der Waals surface area contributed by atoms with E-state index >= 15 is 0 Å². The van der Waals surface area contributed by atoms with Crippen LogP contribution in [0.1, 0.15) is 147 Å². The smallest absolute Gasteiger partial charge is 0.342 e. The van der Waals surface area contributed by atoms with Crippen LogP contribution in [0.4, 0.5) is 28.4 Å². The molecule has 15 aromatic rings. The SMILES string of the molecule is CCCC(=O)N(c1ccc2oc(C)c(C(=O)OC)c2c1)S(=O)(=O)c1ccc(OC)cc1.CCOC(=O)c1c(C)oc2ccc(N(C(C)=O)S(=O)(=O)c3ccc(OCC)cc3)cc12.CCOC(=O)c1c(C)oc2ccc(NS(=O)(=O)c3ccc(C)cc3)cc12.CCOC(=O)c1c(C)oc2ccc(NS(=O)(=O)c3ccc(OCC)cc3)cc12.COCc1oc2ccc(NS(=O)(=O)c3ccc(OC)cc3)cc2c1C(=O)OC. The van der Waals surface area contributed by atoms with Crippen molar-refractivity contribution >= 4 is 175 Å². The first-order valence-electron chi connectivity index (χ1n) is 44.4. The second-order valence-electron chi connectivity index (χ2n) is 31.1. The van der Waals surface area contributed by atoms with Crippen LogP contribution < -0.4 is 41.7 Å². The molecular formula is C102H105N5O32S5. The minimum absolute atomic E-state index is 0.0295. The van der Waals surface area contributed by atoms with E-state index in [1.54, 1.807) is 152 Å². The summed E-state index contributed by atoms with van der Waals surface area (Å²) in [6, 6.07) is 53.3. The van der Waals surface area contributed by atoms with E-state index in [1.807, 2.05) is 20.8 Å². The molecule has 0 bridgehead atoms. The maximum atomic E-state index is 13.4. The highest BCUT2D eigenvalue weighted by atomic mass is 32.2. The van der Waals surface area contributed by atoms with Gasteiger partial charge in [-0.3, -0.25) is 23.8 Å². The van der Waals surface area contributed by atoms with Gasteiger partial charge in [-0.2, -0.15) is 0 Å². The van der Waals surface area contributed by atoms with Gasteiger partial charge in [-0.1, -0.05) is 24.6 Å². The fourth-order valence-corrected chi connectivity index (χ4v) is 20.8. The summed E-state index contributed by atoms with van der Waals surface area (Å²) in [6.07, 6.45) is 0.496. The van der Waals surface area contributed by atoms with E-state index in [9.17, 15) is 75.7 Å². The molecule has 10 aromatic carbocycles. The second kappa shape index (κ2) is 47.4. The topological polar surface area (TPSA) is 491 Å². The van der Waals surface area contributed by atoms with Crippen LogP contribution in [0.25, 0.3) is 54.8 Å². The number of furan rings is 5. The highest BCUT2D eigenvalue weighted by molar-refractivity contribution is 7.94. The van der Waals surface area contributed by atoms with Crippen LogP contribution in [0.3, 0.4) is 0 Å². The van der Waals surface area contributed by atoms with Crippen molar-refractivity contribution < 1.29 is 145 Å². The Balaban J connectivity index is 0.000000172. The summed E-state index contributed by atoms with van der Waals surface area (Å²) in [4.78, 5) is 86.7. The number of rotatable bonds is 33. The Hall–Kier alpha value is -15.5. The summed E-state index contributed by atoms with van der Waals surface area (Å²) in [5, 5.41) is 2.14. The molecule has 5 aromatic heterocycles. The summed E-state index contributed by atoms with van der Waals surface area (Å²) in [5.74, 6) is -0.111. The van der Waals surface area contributed by atoms with Gasteiger partial charge in [0.2, 0.25) is 11.8 Å². The average molecular weight is 2070 g/mol. The highest BCUT2D eigenvalue weighted by Crippen LogP contribution is 2.40. The van der Waals surface area contributed by atoms with Crippen LogP contribution in [0.5, 0.6) is 23.0 Å². The van der Waals surface area contributed by atoms with Crippen molar-refractivity contribution in [1.29, 1.82) is 0 Å². The molecular weight excluding hydrogens is 1970 g/mol. The van der Waals surface area contributed by atoms with Crippen molar-refractivity contribution in [2.75, 3.05) is 91.4 Å². The van der Waals surface area contributed by atoms with Gasteiger partial charge >= 0.3 is 29.8 Å². The van der Waals surface area contributed by atoms with Gasteiger partial charge in [0.25, 0.3) is 50.1 Å². The van der Waals surface area contributed by atoms with E-state index in [-0.39, 0.29) is 91.1 Å². The molecule has 0 saturated heterocycles. The Kier molecular flexibility index (Phi) is 35.8. The van der Waals surface area contributed by atoms with Crippen molar-refractivity contribution in [3.05, 3.63) is 275 Å². The molecule has 0 atom stereocenters. The Labute approximate surface area is 830 Å². The number of methoxy groups -OCH3 is 5. The number of nitrogens with one attached hydrogen (secondary N) is 3. The molecule has 37 nitrogen and oxygen atoms in total. The van der Waals surface area contributed by atoms with Crippen LogP contribution in [0.15, 0.2) is 259 Å². The number of anilines is 5. The monoisotopic (exact) mass is 2070 g/mol. The standard InChI is InChI=1S/2C22H23NO7S.C20H21NO6S.C19H19NO7S.C19H19NO5S/c1-5-6-20(24)23(31(26,27)17-10-8-16(28-3)9-11-17)15-7-12-19-18(13-15)21(14(2)30-19)22(25)29-4;1-5-28-17-8-10-18(11-9-17)31(26,27)23(15(4)24)16-7-12-20-19(13-16)21(14(3)30-20)22(25)29-6-2;1-4-25-15-7-9-16(10-8-15)28(23,24)21-14-6-11-18-17(12-14)19(13(3)27-18)20(22)26-5-2;1-24-11-17-18(19(21)26-3)15-10-12(4-9-16(15)27-17)20-28(22,23)14-7-5-13(25-2)6-8-14;1-4-24-19(21)18-13(3)25-17-10-7-14(11-16(17)18)20-26(22,23)15-8-5-12(2)6-9-15/h2*7-13H,5-6H2,1-4H3;6-12,21H,4-5H2,1-3H3;4-10,20H,11H2,1-3H3;5-11,20H,4H2,1-3H3. The molecule has 5 heterocycles. The zero-order valence-corrected chi connectivity index (χ0v) is 85.4. The number of nitrogens with zero attached hydrogens (tertiary/aromatic N) is 2. The van der Waals surface area contributed by atoms with Gasteiger partial charge in [0.05, 0.1) is 97.3 Å². The molecule has 0 spiro atoms. The number of esters is 5. The predicted octanol–water partition coefficient (Wildman–Crippen LogP) is 19.4. The zero-order chi connectivity index (χ0) is 105. The Morgan fingerprint density at radius 2 is 0.611 bits per heavy atom. The summed E-state index contributed by atoms with van der Waals surface area (Å²) in [7, 11) is -12.8. The van der Waals surface area contributed by atoms with Crippen LogP contribution in [-0.4, -0.2) is 152 Å². The minimum Gasteiger partial charge on any atom is -0.497 e. The number of carbonyl (C=O) groups excluding carboxylic acids is 7. The molecule has 0 aliphatic carbocycles. The number of ether oxygens (including phenoxy) is 10. The van der Waals surface area contributed by atoms with E-state index in [2.05, 4.69) is 14.2 Å². The number of carbonyl (C=O) groups is 7. The van der Waals surface area contributed by atoms with Crippen molar-refractivity contribution in [3.63, 3.8) is 0 Å². The minimum atomic E-state index is -4.22. The molecule has 2 amide bonds. The summed E-state index contributed by atoms with van der Waals surface area (Å²) in [6.45, 7) is 21.8. The number of aryl methyl sites for hydroxylation is 5. The fourth-order valence-electron chi connectivity index (χ4n) is 14.8. The molecule has 0 aliphatic heterocycles. The van der Waals surface area contributed by atoms with Gasteiger partial charge in [-0.15, -0.1) is 0 Å². The number of sulfonamides is 5. The maximum absolute atomic E-state index is 13.4. The van der Waals surface area contributed by atoms with E-state index in [0.717, 1.165) is 16.8 Å². The highest BCUT2D eigenvalue weighted by Gasteiger charge is 2.35. The van der Waals surface area contributed by atoms with E-state index < -0.39 is 91.8 Å². The van der Waals surface area contributed by atoms with Gasteiger partial charge in [-0.25, -0.2) is 74.7 Å². The molecule has 42 heteroatoms. The normalized spacial score (nSPS) is 11.4. The summed E-state index contributed by atoms with van der Waals surface area (Å²) >= 11 is 0. The second-order valence-corrected chi connectivity index (χ2v) is 39.7. The predicted molar refractivity (Wildman–Crippen MR) is 536 cm³/mol. The number of benzene rings is 10. The molecule has 0 saturated carbocycles. The lowest BCUT2D eigenvalue weighted by atomic mass is 10.1. The lowest BCUT2D eigenvalue weighted by Crippen LogP contribution is -2.36. The fraction of sp³-hybridized carbons (Fsp3) is 0.245. The lowest BCUT2D eigenvalue weighted by molar-refractivity contribution is -0.117. The van der Waals surface area contributed by atoms with Crippen LogP contribution in [0.2, 0.25) is 0 Å². The van der Waals surface area contributed by atoms with Crippen molar-refractivity contribution in [3.8, 4) is 23.0 Å². The number of fused-ring (bicyclic) bond motifs is 5. The molecule has 760 valence electrons. The Bertz CT molecular complexity index is 7870. The lowest BCUT2D eigenvalue weighted by Gasteiger charge is -2.23. The third-order valence-electron chi connectivity index (χ3n) is 21.3. The molecule has 15 rings (SSSR count). The quantitative estimate of drug-likeness (QED) is 0.0254. The van der Waals surface area contributed by atoms with Crippen molar-refractivity contribution in [2.45, 2.75) is 127 Å². The van der Waals surface area contributed by atoms with Gasteiger partial charge < -0.3 is 69.5 Å². The largest absolute Gasteiger partial charge is 0.497 e. The van der Waals surface area contributed by atoms with Crippen LogP contribution in [-0.2, 0) is 94.7 Å². The molecule has 0 radical (unpaired) electrons. The van der Waals surface area contributed by atoms with Crippen molar-refractivity contribution in [2.24, 2.45) is 0 Å². The number of hydrogen-bond donors (Lipinski definition) is 3.